The lowest BCUT2D eigenvalue weighted by atomic mass is 9.85. The van der Waals surface area contributed by atoms with Crippen molar-refractivity contribution < 1.29 is 13.2 Å². The third-order valence-corrected chi connectivity index (χ3v) is 8.98. The molecule has 2 aromatic carbocycles. The van der Waals surface area contributed by atoms with E-state index in [0.717, 1.165) is 10.9 Å². The molecule has 0 unspecified atom stereocenters. The Balaban J connectivity index is 1.61. The molecule has 32 heavy (non-hydrogen) atoms. The van der Waals surface area contributed by atoms with Gasteiger partial charge in [-0.3, -0.25) is 9.69 Å². The fourth-order valence-electron chi connectivity index (χ4n) is 4.90. The zero-order valence-corrected chi connectivity index (χ0v) is 19.1. The molecule has 7 heteroatoms. The van der Waals surface area contributed by atoms with E-state index in [1.807, 2.05) is 53.9 Å². The highest BCUT2D eigenvalue weighted by Gasteiger charge is 2.43. The van der Waals surface area contributed by atoms with Gasteiger partial charge in [0.1, 0.15) is 6.04 Å². The lowest BCUT2D eigenvalue weighted by molar-refractivity contribution is 0.0943. The number of Topliss-reactive ketones (excluding diaryl/α,β-unsaturated/α-hetero) is 1. The number of rotatable bonds is 6. The molecule has 0 bridgehead atoms. The van der Waals surface area contributed by atoms with Crippen LogP contribution in [0.4, 0.5) is 0 Å². The number of aryl methyl sites for hydroxylation is 1. The molecular weight excluding hydrogens is 422 g/mol. The van der Waals surface area contributed by atoms with E-state index in [-0.39, 0.29) is 17.1 Å². The number of ketones is 1. The molecule has 6 nitrogen and oxygen atoms in total. The van der Waals surface area contributed by atoms with E-state index in [0.29, 0.717) is 25.1 Å². The standard InChI is InChI=1S/C25H27N3O3S/c1-27-15-14-25(32(30,31)19-9-4-3-5-10-19)20(23(27)17-26)12-13-24(29)22-16-18-8-6-7-11-21(18)28(22)2/h3-11,16,20,23,25H,12-15H2,1-2H3/t20-,23-,25+/m0/s1. The Morgan fingerprint density at radius 3 is 2.47 bits per heavy atom. The molecule has 0 radical (unpaired) electrons. The van der Waals surface area contributed by atoms with Crippen LogP contribution in [0.1, 0.15) is 29.8 Å². The maximum atomic E-state index is 13.4. The van der Waals surface area contributed by atoms with Crippen LogP contribution in [0.2, 0.25) is 0 Å². The number of carbonyl (C=O) groups is 1. The molecule has 1 aliphatic heterocycles. The molecular formula is C25H27N3O3S. The fraction of sp³-hybridized carbons (Fsp3) is 0.360. The van der Waals surface area contributed by atoms with Gasteiger partial charge in [-0.1, -0.05) is 36.4 Å². The van der Waals surface area contributed by atoms with Crippen LogP contribution in [-0.4, -0.2) is 48.6 Å². The van der Waals surface area contributed by atoms with Crippen molar-refractivity contribution in [3.05, 3.63) is 66.4 Å². The van der Waals surface area contributed by atoms with Gasteiger partial charge in [0.2, 0.25) is 0 Å². The Kier molecular flexibility index (Phi) is 6.18. The number of piperidine rings is 1. The minimum Gasteiger partial charge on any atom is -0.341 e. The van der Waals surface area contributed by atoms with Crippen molar-refractivity contribution in [3.63, 3.8) is 0 Å². The van der Waals surface area contributed by atoms with Gasteiger partial charge in [-0.2, -0.15) is 5.26 Å². The van der Waals surface area contributed by atoms with Gasteiger partial charge in [0.15, 0.2) is 15.6 Å². The van der Waals surface area contributed by atoms with Gasteiger partial charge in [-0.05, 0) is 44.2 Å². The number of nitrogens with zero attached hydrogens (tertiary/aromatic N) is 3. The normalized spacial score (nSPS) is 22.0. The van der Waals surface area contributed by atoms with Crippen LogP contribution in [0.3, 0.4) is 0 Å². The molecule has 1 fully saturated rings. The number of fused-ring (bicyclic) bond motifs is 1. The number of carbonyl (C=O) groups excluding carboxylic acids is 1. The Hall–Kier alpha value is -2.95. The summed E-state index contributed by atoms with van der Waals surface area (Å²) in [6.45, 7) is 0.530. The second-order valence-corrected chi connectivity index (χ2v) is 10.7. The predicted molar refractivity (Wildman–Crippen MR) is 124 cm³/mol. The van der Waals surface area contributed by atoms with Crippen molar-refractivity contribution in [1.29, 1.82) is 5.26 Å². The second kappa shape index (κ2) is 8.89. The Morgan fingerprint density at radius 1 is 1.09 bits per heavy atom. The monoisotopic (exact) mass is 449 g/mol. The van der Waals surface area contributed by atoms with E-state index in [2.05, 4.69) is 6.07 Å². The van der Waals surface area contributed by atoms with Crippen molar-refractivity contribution in [2.24, 2.45) is 13.0 Å². The number of aromatic nitrogens is 1. The van der Waals surface area contributed by atoms with Crippen LogP contribution >= 0.6 is 0 Å². The van der Waals surface area contributed by atoms with Crippen molar-refractivity contribution in [1.82, 2.24) is 9.47 Å². The molecule has 3 aromatic rings. The van der Waals surface area contributed by atoms with Crippen LogP contribution in [0, 0.1) is 17.2 Å². The number of likely N-dealkylation sites (tertiary alicyclic amines) is 1. The summed E-state index contributed by atoms with van der Waals surface area (Å²) in [4.78, 5) is 15.3. The Bertz CT molecular complexity index is 1270. The number of para-hydroxylation sites is 1. The molecule has 0 saturated carbocycles. The van der Waals surface area contributed by atoms with E-state index in [1.165, 1.54) is 0 Å². The van der Waals surface area contributed by atoms with E-state index in [9.17, 15) is 18.5 Å². The number of hydrogen-bond donors (Lipinski definition) is 0. The smallest absolute Gasteiger partial charge is 0.181 e. The maximum Gasteiger partial charge on any atom is 0.181 e. The third kappa shape index (κ3) is 3.96. The van der Waals surface area contributed by atoms with Gasteiger partial charge in [0.25, 0.3) is 0 Å². The molecule has 0 amide bonds. The van der Waals surface area contributed by atoms with Gasteiger partial charge in [0, 0.05) is 36.8 Å². The minimum absolute atomic E-state index is 0.0375. The Labute approximate surface area is 189 Å². The van der Waals surface area contributed by atoms with Crippen molar-refractivity contribution in [2.75, 3.05) is 13.6 Å². The molecule has 4 rings (SSSR count). The van der Waals surface area contributed by atoms with Crippen molar-refractivity contribution in [3.8, 4) is 6.07 Å². The minimum atomic E-state index is -3.61. The molecule has 1 saturated heterocycles. The average Bonchev–Trinajstić information content (AvgIpc) is 3.14. The third-order valence-electron chi connectivity index (χ3n) is 6.67. The van der Waals surface area contributed by atoms with Gasteiger partial charge in [0.05, 0.1) is 21.9 Å². The van der Waals surface area contributed by atoms with Crippen LogP contribution in [-0.2, 0) is 16.9 Å². The fourth-order valence-corrected chi connectivity index (χ4v) is 6.95. The molecule has 1 aromatic heterocycles. The van der Waals surface area contributed by atoms with Crippen LogP contribution < -0.4 is 0 Å². The summed E-state index contributed by atoms with van der Waals surface area (Å²) in [7, 11) is 0.0979. The predicted octanol–water partition coefficient (Wildman–Crippen LogP) is 3.83. The number of nitriles is 1. The zero-order valence-electron chi connectivity index (χ0n) is 18.3. The quantitative estimate of drug-likeness (QED) is 0.534. The first-order valence-electron chi connectivity index (χ1n) is 10.8. The lowest BCUT2D eigenvalue weighted by Gasteiger charge is -2.40. The van der Waals surface area contributed by atoms with E-state index in [4.69, 9.17) is 0 Å². The van der Waals surface area contributed by atoms with Gasteiger partial charge in [-0.15, -0.1) is 0 Å². The molecule has 0 N–H and O–H groups in total. The second-order valence-electron chi connectivity index (χ2n) is 8.51. The SMILES string of the molecule is CN1CC[C@@H](S(=O)(=O)c2ccccc2)[C@@H](CCC(=O)c2cc3ccccc3n2C)[C@@H]1C#N. The summed E-state index contributed by atoms with van der Waals surface area (Å²) in [6.07, 6.45) is 0.986. The number of sulfone groups is 1. The zero-order chi connectivity index (χ0) is 22.9. The molecule has 0 aliphatic carbocycles. The van der Waals surface area contributed by atoms with E-state index in [1.54, 1.807) is 30.3 Å². The summed E-state index contributed by atoms with van der Waals surface area (Å²) >= 11 is 0. The molecule has 2 heterocycles. The summed E-state index contributed by atoms with van der Waals surface area (Å²) in [5.74, 6) is -0.480. The molecule has 0 spiro atoms. The number of hydrogen-bond acceptors (Lipinski definition) is 5. The van der Waals surface area contributed by atoms with Crippen molar-refractivity contribution >= 4 is 26.5 Å². The first kappa shape index (κ1) is 22.3. The Morgan fingerprint density at radius 2 is 1.78 bits per heavy atom. The molecule has 3 atom stereocenters. The summed E-state index contributed by atoms with van der Waals surface area (Å²) in [5.41, 5.74) is 1.58. The van der Waals surface area contributed by atoms with Gasteiger partial charge >= 0.3 is 0 Å². The highest BCUT2D eigenvalue weighted by Crippen LogP contribution is 2.35. The summed E-state index contributed by atoms with van der Waals surface area (Å²) in [5, 5.41) is 10.1. The molecule has 1 aliphatic rings. The first-order chi connectivity index (χ1) is 15.3. The summed E-state index contributed by atoms with van der Waals surface area (Å²) < 4.78 is 28.7. The highest BCUT2D eigenvalue weighted by molar-refractivity contribution is 7.92. The van der Waals surface area contributed by atoms with Crippen molar-refractivity contribution in [2.45, 2.75) is 35.4 Å². The van der Waals surface area contributed by atoms with E-state index < -0.39 is 27.0 Å². The van der Waals surface area contributed by atoms with Crippen LogP contribution in [0.5, 0.6) is 0 Å². The van der Waals surface area contributed by atoms with Gasteiger partial charge < -0.3 is 4.57 Å². The topological polar surface area (TPSA) is 83.2 Å². The summed E-state index contributed by atoms with van der Waals surface area (Å²) in [6, 6.07) is 19.9. The molecule has 166 valence electrons. The van der Waals surface area contributed by atoms with E-state index >= 15 is 0 Å². The van der Waals surface area contributed by atoms with Crippen LogP contribution in [0.15, 0.2) is 65.6 Å². The number of benzene rings is 2. The first-order valence-corrected chi connectivity index (χ1v) is 12.4. The van der Waals surface area contributed by atoms with Crippen LogP contribution in [0.25, 0.3) is 10.9 Å². The lowest BCUT2D eigenvalue weighted by Crippen LogP contribution is -2.51. The largest absolute Gasteiger partial charge is 0.341 e. The van der Waals surface area contributed by atoms with Gasteiger partial charge in [-0.25, -0.2) is 8.42 Å². The maximum absolute atomic E-state index is 13.4. The highest BCUT2D eigenvalue weighted by atomic mass is 32.2. The average molecular weight is 450 g/mol.